The fourth-order valence-corrected chi connectivity index (χ4v) is 3.94. The van der Waals surface area contributed by atoms with Crippen molar-refractivity contribution in [3.05, 3.63) is 46.0 Å². The zero-order chi connectivity index (χ0) is 22.2. The van der Waals surface area contributed by atoms with Crippen molar-refractivity contribution in [3.63, 3.8) is 0 Å². The van der Waals surface area contributed by atoms with Crippen LogP contribution in [0.2, 0.25) is 0 Å². The largest absolute Gasteiger partial charge is 0.490 e. The van der Waals surface area contributed by atoms with Crippen LogP contribution in [0.15, 0.2) is 35.7 Å². The van der Waals surface area contributed by atoms with Crippen molar-refractivity contribution in [3.8, 4) is 22.2 Å². The van der Waals surface area contributed by atoms with Crippen molar-refractivity contribution in [1.29, 1.82) is 0 Å². The Morgan fingerprint density at radius 3 is 2.65 bits per heavy atom. The van der Waals surface area contributed by atoms with E-state index in [4.69, 9.17) is 21.7 Å². The van der Waals surface area contributed by atoms with Gasteiger partial charge in [0.05, 0.1) is 24.1 Å². The third-order valence-electron chi connectivity index (χ3n) is 4.57. The zero-order valence-corrected chi connectivity index (χ0v) is 19.6. The quantitative estimate of drug-likeness (QED) is 0.388. The first-order valence-corrected chi connectivity index (χ1v) is 11.7. The minimum Gasteiger partial charge on any atom is -0.490 e. The van der Waals surface area contributed by atoms with E-state index < -0.39 is 0 Å². The molecule has 3 rings (SSSR count). The van der Waals surface area contributed by atoms with Crippen LogP contribution in [0.25, 0.3) is 10.7 Å². The number of aromatic amines is 1. The van der Waals surface area contributed by atoms with E-state index in [1.807, 2.05) is 42.6 Å². The summed E-state index contributed by atoms with van der Waals surface area (Å²) in [6.45, 7) is 7.39. The van der Waals surface area contributed by atoms with Gasteiger partial charge in [0.2, 0.25) is 5.91 Å². The number of nitrogens with one attached hydrogen (secondary N) is 2. The van der Waals surface area contributed by atoms with Crippen LogP contribution in [0, 0.1) is 4.77 Å². The zero-order valence-electron chi connectivity index (χ0n) is 18.0. The summed E-state index contributed by atoms with van der Waals surface area (Å²) in [6, 6.07) is 9.48. The lowest BCUT2D eigenvalue weighted by Gasteiger charge is -2.18. The highest BCUT2D eigenvalue weighted by Gasteiger charge is 2.17. The van der Waals surface area contributed by atoms with Gasteiger partial charge in [0.1, 0.15) is 6.54 Å². The smallest absolute Gasteiger partial charge is 0.240 e. The molecule has 2 N–H and O–H groups in total. The van der Waals surface area contributed by atoms with Crippen molar-refractivity contribution in [2.75, 3.05) is 13.2 Å². The molecule has 1 unspecified atom stereocenters. The molecule has 0 fully saturated rings. The van der Waals surface area contributed by atoms with Crippen LogP contribution in [0.4, 0.5) is 0 Å². The predicted octanol–water partition coefficient (Wildman–Crippen LogP) is 5.12. The summed E-state index contributed by atoms with van der Waals surface area (Å²) in [7, 11) is 0. The molecule has 1 amide bonds. The van der Waals surface area contributed by atoms with Crippen LogP contribution in [-0.4, -0.2) is 33.9 Å². The molecule has 2 aromatic heterocycles. The van der Waals surface area contributed by atoms with Gasteiger partial charge in [-0.3, -0.25) is 14.5 Å². The average Bonchev–Trinajstić information content (AvgIpc) is 3.41. The van der Waals surface area contributed by atoms with Crippen LogP contribution in [0.3, 0.4) is 0 Å². The molecule has 0 aliphatic carbocycles. The monoisotopic (exact) mass is 460 g/mol. The van der Waals surface area contributed by atoms with E-state index in [2.05, 4.69) is 29.4 Å². The van der Waals surface area contributed by atoms with Gasteiger partial charge < -0.3 is 14.8 Å². The van der Waals surface area contributed by atoms with Crippen molar-refractivity contribution < 1.29 is 14.3 Å². The average molecular weight is 461 g/mol. The van der Waals surface area contributed by atoms with Gasteiger partial charge in [0.15, 0.2) is 22.1 Å². The molecule has 166 valence electrons. The summed E-state index contributed by atoms with van der Waals surface area (Å²) in [5.41, 5.74) is 0.942. The highest BCUT2D eigenvalue weighted by atomic mass is 32.1. The van der Waals surface area contributed by atoms with Gasteiger partial charge in [-0.1, -0.05) is 26.0 Å². The molecular weight excluding hydrogens is 432 g/mol. The van der Waals surface area contributed by atoms with Crippen LogP contribution in [0.5, 0.6) is 11.5 Å². The number of carbonyl (C=O) groups excluding carboxylic acids is 1. The van der Waals surface area contributed by atoms with E-state index in [1.165, 1.54) is 0 Å². The van der Waals surface area contributed by atoms with Gasteiger partial charge in [-0.2, -0.15) is 5.10 Å². The van der Waals surface area contributed by atoms with Gasteiger partial charge in [-0.25, -0.2) is 0 Å². The Kier molecular flexibility index (Phi) is 8.25. The Bertz CT molecular complexity index is 1040. The fourth-order valence-electron chi connectivity index (χ4n) is 3.02. The molecule has 1 aromatic carbocycles. The molecule has 0 aliphatic rings. The fraction of sp³-hybridized carbons (Fsp3) is 0.409. The minimum absolute atomic E-state index is 0.0871. The van der Waals surface area contributed by atoms with E-state index in [9.17, 15) is 4.79 Å². The Morgan fingerprint density at radius 2 is 1.97 bits per heavy atom. The molecule has 2 heterocycles. The summed E-state index contributed by atoms with van der Waals surface area (Å²) >= 11 is 6.87. The van der Waals surface area contributed by atoms with E-state index in [0.29, 0.717) is 29.6 Å². The van der Waals surface area contributed by atoms with Crippen LogP contribution in [0.1, 0.15) is 45.2 Å². The Balaban J connectivity index is 1.71. The molecule has 0 aliphatic heterocycles. The second kappa shape index (κ2) is 11.1. The molecular formula is C22H28N4O3S2. The maximum Gasteiger partial charge on any atom is 0.240 e. The Hall–Kier alpha value is -2.65. The number of hydrogen-bond donors (Lipinski definition) is 2. The lowest BCUT2D eigenvalue weighted by Crippen LogP contribution is -2.30. The normalized spacial score (nSPS) is 11.8. The number of thiophene rings is 1. The topological polar surface area (TPSA) is 81.2 Å². The second-order valence-electron chi connectivity index (χ2n) is 7.11. The number of ether oxygens (including phenoxy) is 2. The lowest BCUT2D eigenvalue weighted by atomic mass is 10.1. The van der Waals surface area contributed by atoms with Crippen molar-refractivity contribution in [2.45, 2.75) is 46.2 Å². The number of nitrogens with zero attached hydrogens (tertiary/aromatic N) is 2. The highest BCUT2D eigenvalue weighted by Crippen LogP contribution is 2.31. The summed E-state index contributed by atoms with van der Waals surface area (Å²) in [5, 5.41) is 12.0. The van der Waals surface area contributed by atoms with Gasteiger partial charge in [-0.15, -0.1) is 11.3 Å². The second-order valence-corrected chi connectivity index (χ2v) is 8.44. The molecule has 9 heteroatoms. The molecule has 3 aromatic rings. The number of amides is 1. The van der Waals surface area contributed by atoms with Gasteiger partial charge >= 0.3 is 0 Å². The first-order valence-electron chi connectivity index (χ1n) is 10.4. The Morgan fingerprint density at radius 1 is 1.23 bits per heavy atom. The maximum atomic E-state index is 12.8. The lowest BCUT2D eigenvalue weighted by molar-refractivity contribution is -0.122. The number of aromatic nitrogens is 3. The SMILES string of the molecule is CCCOc1ccc(C(C)NC(=O)Cn2c(-c3cccs3)n[nH]c2=S)cc1OCCC. The van der Waals surface area contributed by atoms with Crippen molar-refractivity contribution in [2.24, 2.45) is 0 Å². The summed E-state index contributed by atoms with van der Waals surface area (Å²) in [4.78, 5) is 13.7. The Labute approximate surface area is 191 Å². The number of benzene rings is 1. The first kappa shape index (κ1) is 23.0. The summed E-state index contributed by atoms with van der Waals surface area (Å²) in [5.74, 6) is 1.94. The summed E-state index contributed by atoms with van der Waals surface area (Å²) < 4.78 is 13.8. The predicted molar refractivity (Wildman–Crippen MR) is 125 cm³/mol. The molecule has 0 spiro atoms. The summed E-state index contributed by atoms with van der Waals surface area (Å²) in [6.07, 6.45) is 1.83. The maximum absolute atomic E-state index is 12.8. The van der Waals surface area contributed by atoms with E-state index >= 15 is 0 Å². The molecule has 0 bridgehead atoms. The third kappa shape index (κ3) is 5.95. The van der Waals surface area contributed by atoms with E-state index in [1.54, 1.807) is 15.9 Å². The highest BCUT2D eigenvalue weighted by molar-refractivity contribution is 7.71. The third-order valence-corrected chi connectivity index (χ3v) is 5.75. The van der Waals surface area contributed by atoms with Crippen LogP contribution < -0.4 is 14.8 Å². The number of hydrogen-bond acceptors (Lipinski definition) is 6. The molecule has 0 saturated heterocycles. The van der Waals surface area contributed by atoms with Gasteiger partial charge in [0.25, 0.3) is 0 Å². The molecule has 7 nitrogen and oxygen atoms in total. The number of H-pyrrole nitrogens is 1. The van der Waals surface area contributed by atoms with E-state index in [0.717, 1.165) is 29.0 Å². The van der Waals surface area contributed by atoms with E-state index in [-0.39, 0.29) is 18.5 Å². The molecule has 0 saturated carbocycles. The minimum atomic E-state index is -0.206. The van der Waals surface area contributed by atoms with Crippen molar-refractivity contribution >= 4 is 29.5 Å². The molecule has 31 heavy (non-hydrogen) atoms. The first-order chi connectivity index (χ1) is 15.0. The van der Waals surface area contributed by atoms with Crippen LogP contribution in [-0.2, 0) is 11.3 Å². The molecule has 0 radical (unpaired) electrons. The van der Waals surface area contributed by atoms with Crippen molar-refractivity contribution in [1.82, 2.24) is 20.1 Å². The standard InChI is InChI=1S/C22H28N4O3S2/c1-4-10-28-17-9-8-16(13-18(17)29-11-5-2)15(3)23-20(27)14-26-21(24-25-22(26)30)19-7-6-12-31-19/h6-9,12-13,15H,4-5,10-11,14H2,1-3H3,(H,23,27)(H,25,30). The van der Waals surface area contributed by atoms with Crippen LogP contribution >= 0.6 is 23.6 Å². The van der Waals surface area contributed by atoms with Gasteiger partial charge in [-0.05, 0) is 61.1 Å². The number of carbonyl (C=O) groups is 1. The number of rotatable bonds is 11. The van der Waals surface area contributed by atoms with Gasteiger partial charge in [0, 0.05) is 0 Å². The molecule has 1 atom stereocenters.